The third-order valence-electron chi connectivity index (χ3n) is 8.88. The molecule has 0 spiro atoms. The van der Waals surface area contributed by atoms with E-state index >= 15 is 8.78 Å². The van der Waals surface area contributed by atoms with Crippen LogP contribution in [-0.4, -0.2) is 0 Å². The van der Waals surface area contributed by atoms with Crippen LogP contribution in [0.2, 0.25) is 0 Å². The van der Waals surface area contributed by atoms with Gasteiger partial charge in [-0.05, 0) is 98.3 Å². The molecule has 0 amide bonds. The zero-order valence-corrected chi connectivity index (χ0v) is 22.8. The summed E-state index contributed by atoms with van der Waals surface area (Å²) in [6.07, 6.45) is 14.7. The average molecular weight is 533 g/mol. The molecule has 0 aliphatic heterocycles. The first-order valence-electron chi connectivity index (χ1n) is 14.3. The van der Waals surface area contributed by atoms with Crippen LogP contribution in [0.1, 0.15) is 69.9 Å². The van der Waals surface area contributed by atoms with Crippen LogP contribution >= 0.6 is 0 Å². The van der Waals surface area contributed by atoms with Gasteiger partial charge < -0.3 is 0 Å². The number of benzene rings is 3. The van der Waals surface area contributed by atoms with Crippen molar-refractivity contribution in [2.24, 2.45) is 17.8 Å². The summed E-state index contributed by atoms with van der Waals surface area (Å²) in [6.45, 7) is 3.85. The van der Waals surface area contributed by atoms with Crippen molar-refractivity contribution in [2.45, 2.75) is 65.2 Å². The largest absolute Gasteiger partial charge is 0.203 e. The van der Waals surface area contributed by atoms with E-state index in [4.69, 9.17) is 0 Å². The maximum absolute atomic E-state index is 15.3. The summed E-state index contributed by atoms with van der Waals surface area (Å²) in [5.74, 6) is -1.38. The predicted molar refractivity (Wildman–Crippen MR) is 152 cm³/mol. The minimum Gasteiger partial charge on any atom is -0.203 e. The Balaban J connectivity index is 1.30. The highest BCUT2D eigenvalue weighted by molar-refractivity contribution is 5.74. The van der Waals surface area contributed by atoms with Crippen molar-refractivity contribution < 1.29 is 17.6 Å². The molecule has 0 heterocycles. The van der Waals surface area contributed by atoms with E-state index in [-0.39, 0.29) is 11.1 Å². The normalized spacial score (nSPS) is 21.8. The lowest BCUT2D eigenvalue weighted by Gasteiger charge is -2.35. The van der Waals surface area contributed by atoms with Crippen LogP contribution in [0, 0.1) is 41.0 Å². The Labute approximate surface area is 229 Å². The van der Waals surface area contributed by atoms with E-state index in [1.807, 2.05) is 0 Å². The number of rotatable bonds is 6. The summed E-state index contributed by atoms with van der Waals surface area (Å²) in [5.41, 5.74) is 2.82. The third kappa shape index (κ3) is 5.62. The van der Waals surface area contributed by atoms with Crippen molar-refractivity contribution in [1.82, 2.24) is 0 Å². The van der Waals surface area contributed by atoms with Crippen molar-refractivity contribution in [1.29, 1.82) is 0 Å². The van der Waals surface area contributed by atoms with Gasteiger partial charge in [0.1, 0.15) is 0 Å². The van der Waals surface area contributed by atoms with Crippen molar-refractivity contribution in [3.63, 3.8) is 0 Å². The molecule has 1 fully saturated rings. The van der Waals surface area contributed by atoms with Gasteiger partial charge in [0.2, 0.25) is 0 Å². The van der Waals surface area contributed by atoms with Gasteiger partial charge in [-0.3, -0.25) is 0 Å². The Kier molecular flexibility index (Phi) is 8.40. The maximum atomic E-state index is 15.3. The molecule has 0 bridgehead atoms. The van der Waals surface area contributed by atoms with E-state index in [1.165, 1.54) is 25.7 Å². The molecule has 5 rings (SSSR count). The Hall–Kier alpha value is -3.14. The Morgan fingerprint density at radius 1 is 0.667 bits per heavy atom. The van der Waals surface area contributed by atoms with E-state index in [0.717, 1.165) is 30.8 Å². The molecule has 4 heteroatoms. The second-order valence-corrected chi connectivity index (χ2v) is 11.1. The quantitative estimate of drug-likeness (QED) is 0.219. The topological polar surface area (TPSA) is 0 Å². The van der Waals surface area contributed by atoms with E-state index < -0.39 is 23.3 Å². The molecule has 2 aliphatic carbocycles. The fraction of sp³-hybridized carbons (Fsp3) is 0.371. The van der Waals surface area contributed by atoms with Crippen LogP contribution in [0.25, 0.3) is 27.8 Å². The summed E-state index contributed by atoms with van der Waals surface area (Å²) in [7, 11) is 0. The standard InChI is InChI=1S/C35H36F4/c1-3-5-22-6-8-24(9-7-22)25-10-12-26(13-11-25)30-20-21-31(35(39)34(30)38)28-16-14-27(15-17-28)29-19-18-23(4-2)32(36)33(29)37/h3,5,12,14-22,24-25H,4,6-11,13H2,1-2H3/b5-3+. The summed E-state index contributed by atoms with van der Waals surface area (Å²) in [6, 6.07) is 12.9. The molecule has 0 saturated heterocycles. The van der Waals surface area contributed by atoms with Crippen LogP contribution in [0.3, 0.4) is 0 Å². The highest BCUT2D eigenvalue weighted by atomic mass is 19.2. The molecule has 1 saturated carbocycles. The molecule has 39 heavy (non-hydrogen) atoms. The van der Waals surface area contributed by atoms with E-state index in [0.29, 0.717) is 40.5 Å². The molecule has 204 valence electrons. The monoisotopic (exact) mass is 532 g/mol. The van der Waals surface area contributed by atoms with Crippen molar-refractivity contribution in [3.8, 4) is 22.3 Å². The smallest absolute Gasteiger partial charge is 0.167 e. The second kappa shape index (κ2) is 11.9. The van der Waals surface area contributed by atoms with Crippen LogP contribution in [0.15, 0.2) is 66.8 Å². The van der Waals surface area contributed by atoms with Gasteiger partial charge in [0.25, 0.3) is 0 Å². The fourth-order valence-electron chi connectivity index (χ4n) is 6.54. The summed E-state index contributed by atoms with van der Waals surface area (Å²) >= 11 is 0. The van der Waals surface area contributed by atoms with Gasteiger partial charge in [-0.2, -0.15) is 0 Å². The van der Waals surface area contributed by atoms with Crippen LogP contribution < -0.4 is 0 Å². The van der Waals surface area contributed by atoms with Crippen LogP contribution in [-0.2, 0) is 6.42 Å². The van der Waals surface area contributed by atoms with Gasteiger partial charge in [0, 0.05) is 16.7 Å². The molecular formula is C35H36F4. The summed E-state index contributed by atoms with van der Waals surface area (Å²) in [5, 5.41) is 0. The molecule has 1 atom stereocenters. The second-order valence-electron chi connectivity index (χ2n) is 11.1. The Bertz CT molecular complexity index is 1370. The molecule has 0 aromatic heterocycles. The van der Waals surface area contributed by atoms with Gasteiger partial charge in [-0.1, -0.05) is 73.7 Å². The highest BCUT2D eigenvalue weighted by Crippen LogP contribution is 2.42. The van der Waals surface area contributed by atoms with Crippen LogP contribution in [0.4, 0.5) is 17.6 Å². The van der Waals surface area contributed by atoms with Gasteiger partial charge in [0.05, 0.1) is 0 Å². The molecule has 2 aliphatic rings. The highest BCUT2D eigenvalue weighted by Gasteiger charge is 2.29. The maximum Gasteiger partial charge on any atom is 0.167 e. The summed E-state index contributed by atoms with van der Waals surface area (Å²) in [4.78, 5) is 0. The first kappa shape index (κ1) is 27.4. The number of aryl methyl sites for hydroxylation is 1. The predicted octanol–water partition coefficient (Wildman–Crippen LogP) is 10.7. The Morgan fingerprint density at radius 2 is 1.23 bits per heavy atom. The Morgan fingerprint density at radius 3 is 1.79 bits per heavy atom. The van der Waals surface area contributed by atoms with E-state index in [1.54, 1.807) is 55.5 Å². The zero-order chi connectivity index (χ0) is 27.5. The molecule has 3 aromatic rings. The van der Waals surface area contributed by atoms with Crippen molar-refractivity contribution in [3.05, 3.63) is 101 Å². The van der Waals surface area contributed by atoms with Crippen LogP contribution in [0.5, 0.6) is 0 Å². The van der Waals surface area contributed by atoms with Gasteiger partial charge in [-0.15, -0.1) is 0 Å². The molecule has 0 radical (unpaired) electrons. The van der Waals surface area contributed by atoms with Crippen molar-refractivity contribution in [2.75, 3.05) is 0 Å². The lowest BCUT2D eigenvalue weighted by molar-refractivity contribution is 0.212. The SMILES string of the molecule is C/C=C/C1CCC(C2CC=C(c3ccc(-c4ccc(-c5ccc(CC)c(F)c5F)cc4)c(F)c3F)CC2)CC1. The fourth-order valence-corrected chi connectivity index (χ4v) is 6.54. The third-order valence-corrected chi connectivity index (χ3v) is 8.88. The molecule has 0 N–H and O–H groups in total. The number of halogens is 4. The summed E-state index contributed by atoms with van der Waals surface area (Å²) < 4.78 is 59.4. The minimum atomic E-state index is -0.895. The number of hydrogen-bond donors (Lipinski definition) is 0. The first-order chi connectivity index (χ1) is 18.9. The van der Waals surface area contributed by atoms with Crippen molar-refractivity contribution >= 4 is 5.57 Å². The minimum absolute atomic E-state index is 0.145. The van der Waals surface area contributed by atoms with Gasteiger partial charge >= 0.3 is 0 Å². The lowest BCUT2D eigenvalue weighted by Crippen LogP contribution is -2.22. The average Bonchev–Trinajstić information content (AvgIpc) is 2.97. The number of allylic oxidation sites excluding steroid dienone is 4. The molecule has 3 aromatic carbocycles. The first-order valence-corrected chi connectivity index (χ1v) is 14.3. The van der Waals surface area contributed by atoms with Gasteiger partial charge in [-0.25, -0.2) is 17.6 Å². The van der Waals surface area contributed by atoms with E-state index in [9.17, 15) is 8.78 Å². The molecule has 0 nitrogen and oxygen atoms in total. The zero-order valence-electron chi connectivity index (χ0n) is 22.8. The van der Waals surface area contributed by atoms with Gasteiger partial charge in [0.15, 0.2) is 23.3 Å². The number of hydrogen-bond acceptors (Lipinski definition) is 0. The van der Waals surface area contributed by atoms with E-state index in [2.05, 4.69) is 25.2 Å². The molecular weight excluding hydrogens is 496 g/mol. The molecule has 1 unspecified atom stereocenters. The lowest BCUT2D eigenvalue weighted by atomic mass is 9.71.